The van der Waals surface area contributed by atoms with E-state index in [1.807, 2.05) is 24.3 Å². The summed E-state index contributed by atoms with van der Waals surface area (Å²) in [7, 11) is 1.33. The summed E-state index contributed by atoms with van der Waals surface area (Å²) in [5.74, 6) is 2.62. The first kappa shape index (κ1) is 12.9. The quantitative estimate of drug-likeness (QED) is 0.533. The molecular weight excluding hydrogens is 266 g/mol. The highest BCUT2D eigenvalue weighted by Gasteiger charge is 2.13. The number of terminal acetylenes is 1. The summed E-state index contributed by atoms with van der Waals surface area (Å²) in [6.07, 6.45) is 5.48. The largest absolute Gasteiger partial charge is 0.465 e. The molecule has 4 heteroatoms. The minimum Gasteiger partial charge on any atom is -0.465 e. The van der Waals surface area contributed by atoms with Gasteiger partial charge in [0.25, 0.3) is 0 Å². The van der Waals surface area contributed by atoms with E-state index < -0.39 is 5.97 Å². The summed E-state index contributed by atoms with van der Waals surface area (Å²) in [5, 5.41) is 0. The highest BCUT2D eigenvalue weighted by molar-refractivity contribution is 5.93. The Kier molecular flexibility index (Phi) is 3.17. The molecule has 0 saturated heterocycles. The van der Waals surface area contributed by atoms with Gasteiger partial charge in [0.15, 0.2) is 5.58 Å². The molecule has 0 aliphatic rings. The number of nitrogens with zero attached hydrogens (tertiary/aromatic N) is 1. The first-order valence-electron chi connectivity index (χ1n) is 6.28. The maximum absolute atomic E-state index is 11.5. The number of oxazole rings is 1. The number of hydrogen-bond donors (Lipinski definition) is 0. The normalized spacial score (nSPS) is 10.3. The number of esters is 1. The molecule has 3 aromatic rings. The van der Waals surface area contributed by atoms with E-state index in [-0.39, 0.29) is 0 Å². The van der Waals surface area contributed by atoms with Crippen LogP contribution in [0.15, 0.2) is 46.9 Å². The van der Waals surface area contributed by atoms with Gasteiger partial charge in [-0.1, -0.05) is 18.1 Å². The smallest absolute Gasteiger partial charge is 0.337 e. The fraction of sp³-hybridized carbons (Fsp3) is 0.0588. The van der Waals surface area contributed by atoms with Gasteiger partial charge >= 0.3 is 5.97 Å². The second kappa shape index (κ2) is 5.14. The number of carbonyl (C=O) groups excluding carboxylic acids is 1. The molecule has 0 saturated carbocycles. The highest BCUT2D eigenvalue weighted by atomic mass is 16.5. The predicted molar refractivity (Wildman–Crippen MR) is 78.7 cm³/mol. The van der Waals surface area contributed by atoms with Gasteiger partial charge in [0.1, 0.15) is 5.52 Å². The minimum atomic E-state index is -0.418. The van der Waals surface area contributed by atoms with Gasteiger partial charge in [-0.3, -0.25) is 0 Å². The van der Waals surface area contributed by atoms with E-state index in [1.165, 1.54) is 7.11 Å². The molecule has 3 rings (SSSR count). The molecule has 0 N–H and O–H groups in total. The molecule has 21 heavy (non-hydrogen) atoms. The summed E-state index contributed by atoms with van der Waals surface area (Å²) in [6.45, 7) is 0. The lowest BCUT2D eigenvalue weighted by atomic mass is 10.1. The lowest BCUT2D eigenvalue weighted by Gasteiger charge is -1.98. The topological polar surface area (TPSA) is 52.3 Å². The maximum atomic E-state index is 11.5. The van der Waals surface area contributed by atoms with Crippen molar-refractivity contribution in [1.29, 1.82) is 0 Å². The van der Waals surface area contributed by atoms with Crippen molar-refractivity contribution in [2.24, 2.45) is 0 Å². The number of carbonyl (C=O) groups is 1. The SMILES string of the molecule is C#Cc1ccccc1-c1nc2ccc(C(=O)OC)cc2o1. The Hall–Kier alpha value is -3.06. The molecule has 0 aliphatic carbocycles. The molecule has 0 fully saturated rings. The van der Waals surface area contributed by atoms with Crippen LogP contribution in [-0.2, 0) is 4.74 Å². The van der Waals surface area contributed by atoms with E-state index in [0.717, 1.165) is 5.56 Å². The van der Waals surface area contributed by atoms with Crippen LogP contribution in [0.1, 0.15) is 15.9 Å². The zero-order valence-corrected chi connectivity index (χ0v) is 11.3. The van der Waals surface area contributed by atoms with Crippen LogP contribution in [0, 0.1) is 12.3 Å². The summed E-state index contributed by atoms with van der Waals surface area (Å²) in [4.78, 5) is 15.9. The third kappa shape index (κ3) is 2.26. The zero-order chi connectivity index (χ0) is 14.8. The van der Waals surface area contributed by atoms with E-state index >= 15 is 0 Å². The first-order chi connectivity index (χ1) is 10.2. The van der Waals surface area contributed by atoms with Crippen LogP contribution in [-0.4, -0.2) is 18.1 Å². The predicted octanol–water partition coefficient (Wildman–Crippen LogP) is 3.26. The highest BCUT2D eigenvalue weighted by Crippen LogP contribution is 2.27. The molecular formula is C17H11NO3. The fourth-order valence-corrected chi connectivity index (χ4v) is 2.08. The Morgan fingerprint density at radius 1 is 1.29 bits per heavy atom. The second-order valence-electron chi connectivity index (χ2n) is 4.38. The summed E-state index contributed by atoms with van der Waals surface area (Å²) in [5.41, 5.74) is 3.04. The molecule has 1 aromatic heterocycles. The van der Waals surface area contributed by atoms with Crippen molar-refractivity contribution >= 4 is 17.1 Å². The minimum absolute atomic E-state index is 0.415. The van der Waals surface area contributed by atoms with Gasteiger partial charge in [0.2, 0.25) is 5.89 Å². The van der Waals surface area contributed by atoms with Crippen molar-refractivity contribution in [2.45, 2.75) is 0 Å². The molecule has 4 nitrogen and oxygen atoms in total. The Morgan fingerprint density at radius 2 is 2.10 bits per heavy atom. The lowest BCUT2D eigenvalue weighted by molar-refractivity contribution is 0.0601. The molecule has 102 valence electrons. The van der Waals surface area contributed by atoms with Crippen LogP contribution >= 0.6 is 0 Å². The van der Waals surface area contributed by atoms with Gasteiger partial charge < -0.3 is 9.15 Å². The Balaban J connectivity index is 2.13. The number of rotatable bonds is 2. The van der Waals surface area contributed by atoms with Gasteiger partial charge in [-0.15, -0.1) is 6.42 Å². The third-order valence-electron chi connectivity index (χ3n) is 3.12. The van der Waals surface area contributed by atoms with E-state index in [9.17, 15) is 4.79 Å². The molecule has 0 radical (unpaired) electrons. The maximum Gasteiger partial charge on any atom is 0.337 e. The monoisotopic (exact) mass is 277 g/mol. The summed E-state index contributed by atoms with van der Waals surface area (Å²) >= 11 is 0. The summed E-state index contributed by atoms with van der Waals surface area (Å²) < 4.78 is 10.4. The van der Waals surface area contributed by atoms with Crippen LogP contribution in [0.4, 0.5) is 0 Å². The Bertz CT molecular complexity index is 871. The molecule has 0 bridgehead atoms. The Labute approximate surface area is 121 Å². The van der Waals surface area contributed by atoms with Crippen molar-refractivity contribution in [2.75, 3.05) is 7.11 Å². The number of hydrogen-bond acceptors (Lipinski definition) is 4. The molecule has 0 atom stereocenters. The van der Waals surface area contributed by atoms with Crippen molar-refractivity contribution in [3.63, 3.8) is 0 Å². The van der Waals surface area contributed by atoms with Crippen LogP contribution in [0.2, 0.25) is 0 Å². The van der Waals surface area contributed by atoms with E-state index in [4.69, 9.17) is 10.8 Å². The van der Waals surface area contributed by atoms with Gasteiger partial charge in [-0.05, 0) is 30.3 Å². The van der Waals surface area contributed by atoms with Crippen LogP contribution in [0.25, 0.3) is 22.6 Å². The number of ether oxygens (including phenoxy) is 1. The van der Waals surface area contributed by atoms with E-state index in [2.05, 4.69) is 15.6 Å². The van der Waals surface area contributed by atoms with E-state index in [0.29, 0.717) is 28.1 Å². The average Bonchev–Trinajstić information content (AvgIpc) is 2.96. The van der Waals surface area contributed by atoms with Gasteiger partial charge in [0, 0.05) is 5.56 Å². The van der Waals surface area contributed by atoms with Crippen molar-refractivity contribution < 1.29 is 13.9 Å². The molecule has 2 aromatic carbocycles. The van der Waals surface area contributed by atoms with E-state index in [1.54, 1.807) is 18.2 Å². The van der Waals surface area contributed by atoms with Gasteiger partial charge in [0.05, 0.1) is 18.2 Å². The number of benzene rings is 2. The van der Waals surface area contributed by atoms with Gasteiger partial charge in [-0.25, -0.2) is 9.78 Å². The first-order valence-corrected chi connectivity index (χ1v) is 6.28. The summed E-state index contributed by atoms with van der Waals surface area (Å²) in [6, 6.07) is 12.4. The number of fused-ring (bicyclic) bond motifs is 1. The van der Waals surface area contributed by atoms with Crippen molar-refractivity contribution in [1.82, 2.24) is 4.98 Å². The average molecular weight is 277 g/mol. The zero-order valence-electron chi connectivity index (χ0n) is 11.3. The number of aromatic nitrogens is 1. The third-order valence-corrected chi connectivity index (χ3v) is 3.12. The van der Waals surface area contributed by atoms with Crippen molar-refractivity contribution in [3.8, 4) is 23.8 Å². The standard InChI is InChI=1S/C17H11NO3/c1-3-11-6-4-5-7-13(11)16-18-14-9-8-12(17(19)20-2)10-15(14)21-16/h1,4-10H,2H3. The number of methoxy groups -OCH3 is 1. The fourth-order valence-electron chi connectivity index (χ4n) is 2.08. The molecule has 0 spiro atoms. The second-order valence-corrected chi connectivity index (χ2v) is 4.38. The Morgan fingerprint density at radius 3 is 2.86 bits per heavy atom. The molecule has 0 unspecified atom stereocenters. The molecule has 1 heterocycles. The lowest BCUT2D eigenvalue weighted by Crippen LogP contribution is -2.00. The molecule has 0 amide bonds. The van der Waals surface area contributed by atoms with Crippen molar-refractivity contribution in [3.05, 3.63) is 53.6 Å². The molecule has 0 aliphatic heterocycles. The van der Waals surface area contributed by atoms with Crippen LogP contribution < -0.4 is 0 Å². The van der Waals surface area contributed by atoms with Crippen LogP contribution in [0.3, 0.4) is 0 Å². The van der Waals surface area contributed by atoms with Crippen LogP contribution in [0.5, 0.6) is 0 Å². The van der Waals surface area contributed by atoms with Gasteiger partial charge in [-0.2, -0.15) is 0 Å².